The van der Waals surface area contributed by atoms with Crippen molar-refractivity contribution in [2.45, 2.75) is 65.5 Å². The molecule has 0 bridgehead atoms. The van der Waals surface area contributed by atoms with Crippen molar-refractivity contribution < 1.29 is 14.7 Å². The summed E-state index contributed by atoms with van der Waals surface area (Å²) in [6.07, 6.45) is 2.78. The van der Waals surface area contributed by atoms with Gasteiger partial charge in [-0.3, -0.25) is 4.79 Å². The van der Waals surface area contributed by atoms with Gasteiger partial charge in [-0.05, 0) is 38.0 Å². The van der Waals surface area contributed by atoms with E-state index < -0.39 is 5.97 Å². The average Bonchev–Trinajstić information content (AvgIpc) is 2.28. The van der Waals surface area contributed by atoms with Crippen LogP contribution in [-0.2, 0) is 4.79 Å². The maximum absolute atomic E-state index is 11.8. The monoisotopic (exact) mass is 270 g/mol. The van der Waals surface area contributed by atoms with Crippen LogP contribution in [0.2, 0.25) is 0 Å². The topological polar surface area (TPSA) is 78.4 Å². The van der Waals surface area contributed by atoms with E-state index in [0.717, 1.165) is 12.8 Å². The van der Waals surface area contributed by atoms with Gasteiger partial charge in [0.2, 0.25) is 0 Å². The van der Waals surface area contributed by atoms with Crippen LogP contribution in [0.1, 0.15) is 53.4 Å². The largest absolute Gasteiger partial charge is 0.481 e. The van der Waals surface area contributed by atoms with Crippen LogP contribution in [-0.4, -0.2) is 29.2 Å². The van der Waals surface area contributed by atoms with E-state index in [1.165, 1.54) is 0 Å². The fourth-order valence-electron chi connectivity index (χ4n) is 2.12. The lowest BCUT2D eigenvalue weighted by Crippen LogP contribution is -2.50. The summed E-state index contributed by atoms with van der Waals surface area (Å²) < 4.78 is 0. The first-order chi connectivity index (χ1) is 8.70. The Morgan fingerprint density at radius 2 is 1.68 bits per heavy atom. The molecule has 0 aliphatic heterocycles. The van der Waals surface area contributed by atoms with Crippen molar-refractivity contribution in [3.8, 4) is 0 Å². The van der Waals surface area contributed by atoms with Gasteiger partial charge in [0.25, 0.3) is 0 Å². The Hall–Kier alpha value is -1.26. The van der Waals surface area contributed by atoms with Crippen LogP contribution in [0.15, 0.2) is 0 Å². The van der Waals surface area contributed by atoms with Crippen LogP contribution in [0.5, 0.6) is 0 Å². The maximum Gasteiger partial charge on any atom is 0.315 e. The molecule has 0 saturated heterocycles. The maximum atomic E-state index is 11.8. The fraction of sp³-hybridized carbons (Fsp3) is 0.857. The molecule has 0 spiro atoms. The summed E-state index contributed by atoms with van der Waals surface area (Å²) >= 11 is 0. The standard InChI is InChI=1S/C14H26N2O3/c1-9(14(2,3)4)15-13(19)16-11-7-5-10(6-8-11)12(17)18/h9-11H,5-8H2,1-4H3,(H,17,18)(H2,15,16,19). The van der Waals surface area contributed by atoms with Crippen molar-refractivity contribution in [2.75, 3.05) is 0 Å². The Bertz CT molecular complexity index is 328. The van der Waals surface area contributed by atoms with Crippen LogP contribution in [0.25, 0.3) is 0 Å². The molecule has 19 heavy (non-hydrogen) atoms. The second-order valence-electron chi connectivity index (χ2n) is 6.59. The van der Waals surface area contributed by atoms with E-state index in [1.54, 1.807) is 0 Å². The minimum Gasteiger partial charge on any atom is -0.481 e. The number of carboxylic acid groups (broad SMARTS) is 1. The van der Waals surface area contributed by atoms with Crippen LogP contribution < -0.4 is 10.6 Å². The van der Waals surface area contributed by atoms with Crippen molar-refractivity contribution in [1.29, 1.82) is 0 Å². The number of amides is 2. The molecule has 1 saturated carbocycles. The number of hydrogen-bond donors (Lipinski definition) is 3. The Labute approximate surface area is 115 Å². The highest BCUT2D eigenvalue weighted by atomic mass is 16.4. The van der Waals surface area contributed by atoms with Gasteiger partial charge < -0.3 is 15.7 Å². The van der Waals surface area contributed by atoms with Crippen molar-refractivity contribution in [1.82, 2.24) is 10.6 Å². The molecule has 1 atom stereocenters. The van der Waals surface area contributed by atoms with Crippen LogP contribution in [0.4, 0.5) is 4.79 Å². The number of carboxylic acids is 1. The molecule has 0 aromatic carbocycles. The fourth-order valence-corrected chi connectivity index (χ4v) is 2.12. The van der Waals surface area contributed by atoms with E-state index in [2.05, 4.69) is 31.4 Å². The summed E-state index contributed by atoms with van der Waals surface area (Å²) in [5.74, 6) is -0.959. The molecule has 2 amide bonds. The summed E-state index contributed by atoms with van der Waals surface area (Å²) in [5, 5.41) is 14.8. The van der Waals surface area contributed by atoms with Gasteiger partial charge >= 0.3 is 12.0 Å². The van der Waals surface area contributed by atoms with Gasteiger partial charge in [0.1, 0.15) is 0 Å². The van der Waals surface area contributed by atoms with Gasteiger partial charge in [-0.15, -0.1) is 0 Å². The molecular weight excluding hydrogens is 244 g/mol. The molecule has 1 unspecified atom stereocenters. The number of carbonyl (C=O) groups excluding carboxylic acids is 1. The third kappa shape index (κ3) is 5.09. The zero-order valence-corrected chi connectivity index (χ0v) is 12.3. The minimum absolute atomic E-state index is 0.0261. The van der Waals surface area contributed by atoms with Gasteiger partial charge in [0.15, 0.2) is 0 Å². The smallest absolute Gasteiger partial charge is 0.315 e. The molecule has 0 radical (unpaired) electrons. The van der Waals surface area contributed by atoms with Crippen molar-refractivity contribution >= 4 is 12.0 Å². The predicted molar refractivity (Wildman–Crippen MR) is 74.0 cm³/mol. The van der Waals surface area contributed by atoms with Crippen LogP contribution in [0.3, 0.4) is 0 Å². The molecule has 3 N–H and O–H groups in total. The SMILES string of the molecule is CC(NC(=O)NC1CCC(C(=O)O)CC1)C(C)(C)C. The number of aliphatic carboxylic acids is 1. The minimum atomic E-state index is -0.718. The number of urea groups is 1. The quantitative estimate of drug-likeness (QED) is 0.736. The Morgan fingerprint density at radius 1 is 1.16 bits per heavy atom. The van der Waals surface area contributed by atoms with Crippen molar-refractivity contribution in [2.24, 2.45) is 11.3 Å². The molecule has 0 heterocycles. The molecule has 5 nitrogen and oxygen atoms in total. The van der Waals surface area contributed by atoms with E-state index in [-0.39, 0.29) is 29.4 Å². The third-order valence-corrected chi connectivity index (χ3v) is 4.06. The van der Waals surface area contributed by atoms with E-state index in [1.807, 2.05) is 6.92 Å². The Morgan fingerprint density at radius 3 is 2.11 bits per heavy atom. The lowest BCUT2D eigenvalue weighted by molar-refractivity contribution is -0.142. The highest BCUT2D eigenvalue weighted by Crippen LogP contribution is 2.24. The van der Waals surface area contributed by atoms with Crippen LogP contribution >= 0.6 is 0 Å². The predicted octanol–water partition coefficient (Wildman–Crippen LogP) is 2.36. The van der Waals surface area contributed by atoms with Gasteiger partial charge in [0, 0.05) is 12.1 Å². The zero-order valence-electron chi connectivity index (χ0n) is 12.3. The normalized spacial score (nSPS) is 25.5. The van der Waals surface area contributed by atoms with Gasteiger partial charge in [0.05, 0.1) is 5.92 Å². The molecule has 0 aromatic rings. The summed E-state index contributed by atoms with van der Waals surface area (Å²) in [5.41, 5.74) is 0.0261. The number of carbonyl (C=O) groups is 2. The Kier molecular flexibility index (Phi) is 5.20. The second kappa shape index (κ2) is 6.26. The highest BCUT2D eigenvalue weighted by Gasteiger charge is 2.27. The lowest BCUT2D eigenvalue weighted by Gasteiger charge is -2.31. The molecule has 1 aliphatic carbocycles. The van der Waals surface area contributed by atoms with Crippen molar-refractivity contribution in [3.05, 3.63) is 0 Å². The van der Waals surface area contributed by atoms with Crippen LogP contribution in [0, 0.1) is 11.3 Å². The first-order valence-electron chi connectivity index (χ1n) is 7.00. The van der Waals surface area contributed by atoms with Gasteiger partial charge in [-0.25, -0.2) is 4.79 Å². The van der Waals surface area contributed by atoms with E-state index in [0.29, 0.717) is 12.8 Å². The van der Waals surface area contributed by atoms with E-state index in [4.69, 9.17) is 5.11 Å². The average molecular weight is 270 g/mol. The highest BCUT2D eigenvalue weighted by molar-refractivity contribution is 5.74. The Balaban J connectivity index is 2.33. The van der Waals surface area contributed by atoms with E-state index in [9.17, 15) is 9.59 Å². The summed E-state index contributed by atoms with van der Waals surface area (Å²) in [4.78, 5) is 22.7. The second-order valence-corrected chi connectivity index (χ2v) is 6.59. The zero-order chi connectivity index (χ0) is 14.6. The first-order valence-corrected chi connectivity index (χ1v) is 7.00. The first kappa shape index (κ1) is 15.8. The molecule has 110 valence electrons. The lowest BCUT2D eigenvalue weighted by atomic mass is 9.86. The molecule has 1 rings (SSSR count). The molecule has 1 fully saturated rings. The molecular formula is C14H26N2O3. The molecule has 5 heteroatoms. The molecule has 0 aromatic heterocycles. The summed E-state index contributed by atoms with van der Waals surface area (Å²) in [7, 11) is 0. The van der Waals surface area contributed by atoms with E-state index >= 15 is 0 Å². The number of rotatable bonds is 3. The number of hydrogen-bond acceptors (Lipinski definition) is 2. The summed E-state index contributed by atoms with van der Waals surface area (Å²) in [6.45, 7) is 8.23. The van der Waals surface area contributed by atoms with Gasteiger partial charge in [-0.1, -0.05) is 20.8 Å². The van der Waals surface area contributed by atoms with Crippen molar-refractivity contribution in [3.63, 3.8) is 0 Å². The summed E-state index contributed by atoms with van der Waals surface area (Å²) in [6, 6.07) is 0.0341. The number of nitrogens with one attached hydrogen (secondary N) is 2. The van der Waals surface area contributed by atoms with Gasteiger partial charge in [-0.2, -0.15) is 0 Å². The third-order valence-electron chi connectivity index (χ3n) is 4.06. The molecule has 1 aliphatic rings.